The van der Waals surface area contributed by atoms with Crippen molar-refractivity contribution >= 4 is 33.4 Å². The predicted octanol–water partition coefficient (Wildman–Crippen LogP) is 1.50. The zero-order valence-electron chi connectivity index (χ0n) is 15.0. The molecule has 136 valence electrons. The van der Waals surface area contributed by atoms with Crippen LogP contribution in [0.25, 0.3) is 10.2 Å². The van der Waals surface area contributed by atoms with E-state index in [1.165, 1.54) is 22.2 Å². The third-order valence-electron chi connectivity index (χ3n) is 4.06. The number of carbonyl (C=O) groups excluding carboxylic acids is 2. The van der Waals surface area contributed by atoms with Gasteiger partial charge in [0.25, 0.3) is 5.56 Å². The molecule has 1 unspecified atom stereocenters. The number of aromatic nitrogens is 2. The molecule has 7 nitrogen and oxygen atoms in total. The molecule has 2 aromatic rings. The molecule has 0 bridgehead atoms. The summed E-state index contributed by atoms with van der Waals surface area (Å²) in [6.45, 7) is 8.28. The third kappa shape index (κ3) is 4.45. The molecule has 0 saturated carbocycles. The largest absolute Gasteiger partial charge is 0.354 e. The average molecular weight is 364 g/mol. The summed E-state index contributed by atoms with van der Waals surface area (Å²) in [4.78, 5) is 42.5. The zero-order valence-corrected chi connectivity index (χ0v) is 15.8. The molecule has 2 rings (SSSR count). The van der Waals surface area contributed by atoms with Crippen molar-refractivity contribution in [2.75, 3.05) is 6.54 Å². The van der Waals surface area contributed by atoms with Crippen LogP contribution in [0.2, 0.25) is 0 Å². The fourth-order valence-electron chi connectivity index (χ4n) is 2.43. The Morgan fingerprint density at radius 2 is 2.08 bits per heavy atom. The number of amides is 2. The van der Waals surface area contributed by atoms with Gasteiger partial charge in [0.05, 0.1) is 11.7 Å². The van der Waals surface area contributed by atoms with E-state index in [-0.39, 0.29) is 30.3 Å². The van der Waals surface area contributed by atoms with E-state index in [0.29, 0.717) is 11.9 Å². The van der Waals surface area contributed by atoms with Crippen molar-refractivity contribution < 1.29 is 9.59 Å². The van der Waals surface area contributed by atoms with Gasteiger partial charge in [-0.3, -0.25) is 19.0 Å². The molecule has 8 heteroatoms. The van der Waals surface area contributed by atoms with Crippen molar-refractivity contribution in [2.24, 2.45) is 0 Å². The van der Waals surface area contributed by atoms with Crippen LogP contribution in [0.4, 0.5) is 0 Å². The van der Waals surface area contributed by atoms with Gasteiger partial charge in [-0.05, 0) is 32.8 Å². The molecule has 0 aliphatic rings. The monoisotopic (exact) mass is 364 g/mol. The second kappa shape index (κ2) is 8.24. The maximum atomic E-state index is 12.6. The van der Waals surface area contributed by atoms with E-state index in [1.807, 2.05) is 20.8 Å². The SMILES string of the molecule is CCCNC(=O)C(C)NC(=O)CCn1cnc2sc(C)c(C)c2c1=O. The van der Waals surface area contributed by atoms with Gasteiger partial charge in [-0.2, -0.15) is 0 Å². The molecule has 2 heterocycles. The first-order valence-corrected chi connectivity index (χ1v) is 9.19. The topological polar surface area (TPSA) is 93.1 Å². The van der Waals surface area contributed by atoms with Crippen LogP contribution in [0.1, 0.15) is 37.1 Å². The molecule has 1 atom stereocenters. The molecule has 2 aromatic heterocycles. The number of nitrogens with zero attached hydrogens (tertiary/aromatic N) is 2. The van der Waals surface area contributed by atoms with Crippen LogP contribution in [-0.4, -0.2) is 34.0 Å². The minimum absolute atomic E-state index is 0.112. The quantitative estimate of drug-likeness (QED) is 0.778. The van der Waals surface area contributed by atoms with Crippen molar-refractivity contribution in [1.82, 2.24) is 20.2 Å². The Bertz CT molecular complexity index is 840. The number of aryl methyl sites for hydroxylation is 3. The Morgan fingerprint density at radius 3 is 2.76 bits per heavy atom. The van der Waals surface area contributed by atoms with Crippen LogP contribution in [0.15, 0.2) is 11.1 Å². The Hall–Kier alpha value is -2.22. The lowest BCUT2D eigenvalue weighted by Crippen LogP contribution is -2.45. The lowest BCUT2D eigenvalue weighted by Gasteiger charge is -2.14. The summed E-state index contributed by atoms with van der Waals surface area (Å²) < 4.78 is 1.45. The standard InChI is InChI=1S/C17H24N4O3S/c1-5-7-18-15(23)11(3)20-13(22)6-8-21-9-19-16-14(17(21)24)10(2)12(4)25-16/h9,11H,5-8H2,1-4H3,(H,18,23)(H,20,22). The number of carbonyl (C=O) groups is 2. The van der Waals surface area contributed by atoms with Gasteiger partial charge in [-0.25, -0.2) is 4.98 Å². The van der Waals surface area contributed by atoms with Gasteiger partial charge in [0, 0.05) is 24.4 Å². The van der Waals surface area contributed by atoms with E-state index in [1.54, 1.807) is 6.92 Å². The van der Waals surface area contributed by atoms with Crippen LogP contribution >= 0.6 is 11.3 Å². The second-order valence-electron chi connectivity index (χ2n) is 6.04. The molecule has 0 spiro atoms. The summed E-state index contributed by atoms with van der Waals surface area (Å²) in [5.74, 6) is -0.482. The normalized spacial score (nSPS) is 12.2. The number of nitrogens with one attached hydrogen (secondary N) is 2. The molecule has 0 radical (unpaired) electrons. The Morgan fingerprint density at radius 1 is 1.36 bits per heavy atom. The van der Waals surface area contributed by atoms with E-state index in [9.17, 15) is 14.4 Å². The fraction of sp³-hybridized carbons (Fsp3) is 0.529. The van der Waals surface area contributed by atoms with Crippen molar-refractivity contribution in [3.8, 4) is 0 Å². The molecule has 2 amide bonds. The molecule has 0 fully saturated rings. The van der Waals surface area contributed by atoms with E-state index in [4.69, 9.17) is 0 Å². The highest BCUT2D eigenvalue weighted by molar-refractivity contribution is 7.18. The first-order valence-electron chi connectivity index (χ1n) is 8.37. The van der Waals surface area contributed by atoms with Gasteiger partial charge in [0.15, 0.2) is 0 Å². The van der Waals surface area contributed by atoms with Gasteiger partial charge in [0.2, 0.25) is 11.8 Å². The lowest BCUT2D eigenvalue weighted by atomic mass is 10.2. The van der Waals surface area contributed by atoms with Crippen LogP contribution in [0.5, 0.6) is 0 Å². The molecule has 2 N–H and O–H groups in total. The molecule has 0 aliphatic heterocycles. The Kier molecular flexibility index (Phi) is 6.30. The molecule has 0 aromatic carbocycles. The Balaban J connectivity index is 1.99. The van der Waals surface area contributed by atoms with E-state index >= 15 is 0 Å². The average Bonchev–Trinajstić information content (AvgIpc) is 2.87. The highest BCUT2D eigenvalue weighted by atomic mass is 32.1. The number of fused-ring (bicyclic) bond motifs is 1. The minimum Gasteiger partial charge on any atom is -0.354 e. The summed E-state index contributed by atoms with van der Waals surface area (Å²) in [7, 11) is 0. The fourth-order valence-corrected chi connectivity index (χ4v) is 3.42. The van der Waals surface area contributed by atoms with Gasteiger partial charge in [-0.15, -0.1) is 11.3 Å². The van der Waals surface area contributed by atoms with Crippen LogP contribution in [0.3, 0.4) is 0 Å². The van der Waals surface area contributed by atoms with Crippen molar-refractivity contribution in [3.05, 3.63) is 27.1 Å². The van der Waals surface area contributed by atoms with Gasteiger partial charge in [0.1, 0.15) is 10.9 Å². The number of thiophene rings is 1. The first kappa shape index (κ1) is 19.1. The Labute approximate surface area is 150 Å². The second-order valence-corrected chi connectivity index (χ2v) is 7.24. The van der Waals surface area contributed by atoms with Crippen molar-refractivity contribution in [1.29, 1.82) is 0 Å². The molecule has 0 aliphatic carbocycles. The number of hydrogen-bond acceptors (Lipinski definition) is 5. The smallest absolute Gasteiger partial charge is 0.262 e. The van der Waals surface area contributed by atoms with Gasteiger partial charge < -0.3 is 10.6 Å². The predicted molar refractivity (Wildman–Crippen MR) is 98.9 cm³/mol. The van der Waals surface area contributed by atoms with Gasteiger partial charge in [-0.1, -0.05) is 6.92 Å². The molecular formula is C17H24N4O3S. The molecule has 25 heavy (non-hydrogen) atoms. The number of hydrogen-bond donors (Lipinski definition) is 2. The highest BCUT2D eigenvalue weighted by Crippen LogP contribution is 2.25. The maximum Gasteiger partial charge on any atom is 0.262 e. The maximum absolute atomic E-state index is 12.6. The summed E-state index contributed by atoms with van der Waals surface area (Å²) in [6, 6.07) is -0.599. The summed E-state index contributed by atoms with van der Waals surface area (Å²) in [5, 5.41) is 6.00. The minimum atomic E-state index is -0.599. The highest BCUT2D eigenvalue weighted by Gasteiger charge is 2.16. The third-order valence-corrected chi connectivity index (χ3v) is 5.17. The van der Waals surface area contributed by atoms with Crippen LogP contribution in [0, 0.1) is 13.8 Å². The van der Waals surface area contributed by atoms with Gasteiger partial charge >= 0.3 is 0 Å². The molecule has 0 saturated heterocycles. The number of rotatable bonds is 7. The van der Waals surface area contributed by atoms with E-state index in [0.717, 1.165) is 21.7 Å². The summed E-state index contributed by atoms with van der Waals surface area (Å²) in [5.41, 5.74) is 0.811. The molecular weight excluding hydrogens is 340 g/mol. The zero-order chi connectivity index (χ0) is 18.6. The summed E-state index contributed by atoms with van der Waals surface area (Å²) in [6.07, 6.45) is 2.43. The lowest BCUT2D eigenvalue weighted by molar-refractivity contribution is -0.128. The van der Waals surface area contributed by atoms with Crippen LogP contribution in [-0.2, 0) is 16.1 Å². The van der Waals surface area contributed by atoms with E-state index < -0.39 is 6.04 Å². The van der Waals surface area contributed by atoms with Crippen molar-refractivity contribution in [2.45, 2.75) is 53.1 Å². The van der Waals surface area contributed by atoms with E-state index in [2.05, 4.69) is 15.6 Å². The first-order chi connectivity index (χ1) is 11.8. The van der Waals surface area contributed by atoms with Crippen LogP contribution < -0.4 is 16.2 Å². The van der Waals surface area contributed by atoms with Crippen molar-refractivity contribution in [3.63, 3.8) is 0 Å². The summed E-state index contributed by atoms with van der Waals surface area (Å²) >= 11 is 1.50.